The Morgan fingerprint density at radius 1 is 1.18 bits per heavy atom. The summed E-state index contributed by atoms with van der Waals surface area (Å²) >= 11 is 5.86. The quantitative estimate of drug-likeness (QED) is 0.657. The molecule has 0 amide bonds. The molecule has 0 saturated carbocycles. The minimum absolute atomic E-state index is 0.0529. The zero-order chi connectivity index (χ0) is 11.8. The molecular formula is C12H6ClN2O2. The summed E-state index contributed by atoms with van der Waals surface area (Å²) in [5, 5.41) is 16.0. The van der Waals surface area contributed by atoms with E-state index in [9.17, 15) is 5.11 Å². The van der Waals surface area contributed by atoms with Crippen LogP contribution >= 0.6 is 11.6 Å². The Kier molecular flexibility index (Phi) is 2.23. The number of rotatable bonds is 1. The molecule has 1 aromatic carbocycles. The minimum atomic E-state index is -0.275. The van der Waals surface area contributed by atoms with E-state index in [0.29, 0.717) is 22.4 Å². The summed E-state index contributed by atoms with van der Waals surface area (Å²) in [7, 11) is 0. The Morgan fingerprint density at radius 2 is 2.06 bits per heavy atom. The molecule has 2 heterocycles. The molecule has 4 nitrogen and oxygen atoms in total. The number of nitrogens with zero attached hydrogens (tertiary/aromatic N) is 2. The lowest BCUT2D eigenvalue weighted by Gasteiger charge is -1.95. The highest BCUT2D eigenvalue weighted by atomic mass is 35.5. The van der Waals surface area contributed by atoms with Crippen LogP contribution < -0.4 is 0 Å². The molecule has 0 spiro atoms. The Balaban J connectivity index is 2.30. The van der Waals surface area contributed by atoms with Gasteiger partial charge in [-0.25, -0.2) is 0 Å². The van der Waals surface area contributed by atoms with Gasteiger partial charge in [-0.2, -0.15) is 0 Å². The second-order valence-electron chi connectivity index (χ2n) is 3.50. The minimum Gasteiger partial charge on any atom is -0.354 e. The fraction of sp³-hybridized carbons (Fsp3) is 0. The molecule has 0 unspecified atom stereocenters. The highest BCUT2D eigenvalue weighted by Crippen LogP contribution is 2.36. The number of aromatic nitrogens is 2. The van der Waals surface area contributed by atoms with Gasteiger partial charge < -0.3 is 4.52 Å². The Labute approximate surface area is 101 Å². The van der Waals surface area contributed by atoms with Crippen molar-refractivity contribution in [3.05, 3.63) is 41.6 Å². The van der Waals surface area contributed by atoms with Gasteiger partial charge in [0.1, 0.15) is 10.7 Å². The van der Waals surface area contributed by atoms with Gasteiger partial charge in [0, 0.05) is 6.20 Å². The zero-order valence-corrected chi connectivity index (χ0v) is 9.31. The number of benzene rings is 1. The fourth-order valence-corrected chi connectivity index (χ4v) is 1.84. The number of fused-ring (bicyclic) bond motifs is 1. The highest BCUT2D eigenvalue weighted by Gasteiger charge is 2.16. The van der Waals surface area contributed by atoms with Crippen molar-refractivity contribution in [2.45, 2.75) is 0 Å². The zero-order valence-electron chi connectivity index (χ0n) is 8.55. The first-order valence-electron chi connectivity index (χ1n) is 4.93. The molecule has 0 bridgehead atoms. The Bertz CT molecular complexity index is 680. The number of hydrogen-bond acceptors (Lipinski definition) is 3. The highest BCUT2D eigenvalue weighted by molar-refractivity contribution is 6.36. The molecule has 1 radical (unpaired) electrons. The number of hydrogen-bond donors (Lipinski definition) is 0. The molecular weight excluding hydrogens is 240 g/mol. The first kappa shape index (κ1) is 10.1. The number of pyridine rings is 1. The van der Waals surface area contributed by atoms with E-state index < -0.39 is 0 Å². The smallest absolute Gasteiger partial charge is 0.201 e. The molecule has 0 atom stereocenters. The summed E-state index contributed by atoms with van der Waals surface area (Å²) < 4.78 is 5.09. The first-order chi connectivity index (χ1) is 8.27. The first-order valence-corrected chi connectivity index (χ1v) is 5.31. The van der Waals surface area contributed by atoms with Crippen LogP contribution in [0.4, 0.5) is 0 Å². The van der Waals surface area contributed by atoms with Crippen LogP contribution in [-0.4, -0.2) is 10.1 Å². The number of halogens is 1. The van der Waals surface area contributed by atoms with Crippen molar-refractivity contribution in [2.24, 2.45) is 0 Å². The van der Waals surface area contributed by atoms with Crippen LogP contribution in [0.3, 0.4) is 0 Å². The van der Waals surface area contributed by atoms with E-state index in [1.807, 2.05) is 18.2 Å². The maximum Gasteiger partial charge on any atom is 0.201 e. The average Bonchev–Trinajstić information content (AvgIpc) is 2.79. The van der Waals surface area contributed by atoms with Crippen LogP contribution in [0.15, 0.2) is 41.1 Å². The van der Waals surface area contributed by atoms with E-state index in [0.717, 1.165) is 0 Å². The molecule has 83 valence electrons. The summed E-state index contributed by atoms with van der Waals surface area (Å²) in [6, 6.07) is 8.52. The molecule has 0 aliphatic carbocycles. The van der Waals surface area contributed by atoms with Crippen molar-refractivity contribution in [1.82, 2.24) is 10.1 Å². The van der Waals surface area contributed by atoms with Crippen LogP contribution in [0.5, 0.6) is 5.75 Å². The van der Waals surface area contributed by atoms with Gasteiger partial charge in [-0.1, -0.05) is 22.8 Å². The molecule has 17 heavy (non-hydrogen) atoms. The van der Waals surface area contributed by atoms with Gasteiger partial charge >= 0.3 is 0 Å². The van der Waals surface area contributed by atoms with E-state index in [-0.39, 0.29) is 10.8 Å². The van der Waals surface area contributed by atoms with Crippen molar-refractivity contribution in [1.29, 1.82) is 0 Å². The second-order valence-corrected chi connectivity index (χ2v) is 3.88. The average molecular weight is 246 g/mol. The van der Waals surface area contributed by atoms with Gasteiger partial charge in [0.2, 0.25) is 5.75 Å². The van der Waals surface area contributed by atoms with E-state index in [4.69, 9.17) is 16.1 Å². The molecule has 2 aromatic heterocycles. The van der Waals surface area contributed by atoms with Crippen LogP contribution in [0.1, 0.15) is 0 Å². The third-order valence-electron chi connectivity index (χ3n) is 2.45. The van der Waals surface area contributed by atoms with Gasteiger partial charge in [0.15, 0.2) is 5.58 Å². The third kappa shape index (κ3) is 1.54. The van der Waals surface area contributed by atoms with Gasteiger partial charge in [-0.3, -0.25) is 10.1 Å². The maximum atomic E-state index is 11.3. The topological polar surface area (TPSA) is 58.8 Å². The summed E-state index contributed by atoms with van der Waals surface area (Å²) in [6.45, 7) is 0. The van der Waals surface area contributed by atoms with Crippen molar-refractivity contribution in [3.8, 4) is 17.1 Å². The summed E-state index contributed by atoms with van der Waals surface area (Å²) in [6.07, 6.45) is 1.67. The predicted octanol–water partition coefficient (Wildman–Crippen LogP) is 3.69. The van der Waals surface area contributed by atoms with Crippen molar-refractivity contribution >= 4 is 22.6 Å². The monoisotopic (exact) mass is 245 g/mol. The van der Waals surface area contributed by atoms with Gasteiger partial charge in [-0.15, -0.1) is 0 Å². The van der Waals surface area contributed by atoms with Crippen LogP contribution in [0.25, 0.3) is 22.4 Å². The third-order valence-corrected chi connectivity index (χ3v) is 2.81. The second kappa shape index (κ2) is 3.75. The lowest BCUT2D eigenvalue weighted by molar-refractivity contribution is 0.354. The van der Waals surface area contributed by atoms with Gasteiger partial charge in [0.25, 0.3) is 0 Å². The molecule has 5 heteroatoms. The SMILES string of the molecule is [O]c1ccc2c(-c3ccccn3)noc2c1Cl. The maximum absolute atomic E-state index is 11.3. The normalized spacial score (nSPS) is 10.9. The van der Waals surface area contributed by atoms with E-state index >= 15 is 0 Å². The standard InChI is InChI=1S/C12H6ClN2O2/c13-10-9(16)5-4-7-11(15-17-12(7)10)8-3-1-2-6-14-8/h1-6H. The van der Waals surface area contributed by atoms with E-state index in [1.54, 1.807) is 12.3 Å². The van der Waals surface area contributed by atoms with Crippen LogP contribution in [0.2, 0.25) is 5.02 Å². The Morgan fingerprint density at radius 3 is 2.82 bits per heavy atom. The van der Waals surface area contributed by atoms with Gasteiger partial charge in [0.05, 0.1) is 11.1 Å². The predicted molar refractivity (Wildman–Crippen MR) is 62.4 cm³/mol. The van der Waals surface area contributed by atoms with E-state index in [2.05, 4.69) is 10.1 Å². The summed E-state index contributed by atoms with van der Waals surface area (Å²) in [4.78, 5) is 4.18. The largest absolute Gasteiger partial charge is 0.354 e. The van der Waals surface area contributed by atoms with Crippen molar-refractivity contribution in [3.63, 3.8) is 0 Å². The molecule has 3 rings (SSSR count). The van der Waals surface area contributed by atoms with Gasteiger partial charge in [-0.05, 0) is 24.3 Å². The summed E-state index contributed by atoms with van der Waals surface area (Å²) in [5.74, 6) is -0.275. The fourth-order valence-electron chi connectivity index (χ4n) is 1.64. The molecule has 0 N–H and O–H groups in total. The summed E-state index contributed by atoms with van der Waals surface area (Å²) in [5.41, 5.74) is 1.57. The molecule has 3 aromatic rings. The molecule has 0 aliphatic rings. The van der Waals surface area contributed by atoms with Crippen molar-refractivity contribution in [2.75, 3.05) is 0 Å². The van der Waals surface area contributed by atoms with E-state index in [1.165, 1.54) is 6.07 Å². The lowest BCUT2D eigenvalue weighted by Crippen LogP contribution is -1.81. The Hall–Kier alpha value is -2.07. The van der Waals surface area contributed by atoms with Crippen LogP contribution in [0, 0.1) is 0 Å². The van der Waals surface area contributed by atoms with Crippen molar-refractivity contribution < 1.29 is 9.63 Å². The molecule has 0 fully saturated rings. The lowest BCUT2D eigenvalue weighted by atomic mass is 10.1. The van der Waals surface area contributed by atoms with Crippen LogP contribution in [-0.2, 0) is 5.11 Å². The molecule has 0 aliphatic heterocycles. The molecule has 0 saturated heterocycles.